The normalized spacial score (nSPS) is 12.0. The van der Waals surface area contributed by atoms with Crippen molar-refractivity contribution in [3.05, 3.63) is 72.2 Å². The number of hydrogen-bond acceptors (Lipinski definition) is 5. The van der Waals surface area contributed by atoms with Gasteiger partial charge in [0.05, 0.1) is 10.5 Å². The Hall–Kier alpha value is -2.93. The Balaban J connectivity index is 2.18. The zero-order valence-corrected chi connectivity index (χ0v) is 15.6. The number of nitrogens with zero attached hydrogens (tertiary/aromatic N) is 3. The zero-order valence-electron chi connectivity index (χ0n) is 14.7. The van der Waals surface area contributed by atoms with E-state index in [1.165, 1.54) is 18.5 Å². The smallest absolute Gasteiger partial charge is 0.269 e. The van der Waals surface area contributed by atoms with Gasteiger partial charge < -0.3 is 4.90 Å². The second-order valence-corrected chi connectivity index (χ2v) is 7.99. The van der Waals surface area contributed by atoms with Crippen LogP contribution in [0.3, 0.4) is 0 Å². The monoisotopic (exact) mass is 369 g/mol. The van der Waals surface area contributed by atoms with E-state index in [4.69, 9.17) is 0 Å². The van der Waals surface area contributed by atoms with Crippen LogP contribution in [-0.2, 0) is 10.0 Å². The molecule has 134 valence electrons. The number of ketones is 1. The van der Waals surface area contributed by atoms with Gasteiger partial charge in [0.2, 0.25) is 0 Å². The van der Waals surface area contributed by atoms with Gasteiger partial charge in [0.15, 0.2) is 11.4 Å². The Bertz CT molecular complexity index is 1090. The van der Waals surface area contributed by atoms with Crippen LogP contribution in [0.1, 0.15) is 15.9 Å². The summed E-state index contributed by atoms with van der Waals surface area (Å²) in [5.41, 5.74) is 1.49. The molecule has 26 heavy (non-hydrogen) atoms. The zero-order chi connectivity index (χ0) is 18.9. The average Bonchev–Trinajstić information content (AvgIpc) is 3.00. The Kier molecular flexibility index (Phi) is 4.65. The molecular formula is C19H19N3O3S. The summed E-state index contributed by atoms with van der Waals surface area (Å²) in [6, 6.07) is 9.94. The number of rotatable bonds is 5. The Morgan fingerprint density at radius 2 is 1.85 bits per heavy atom. The third-order valence-corrected chi connectivity index (χ3v) is 5.56. The van der Waals surface area contributed by atoms with Crippen LogP contribution >= 0.6 is 0 Å². The predicted molar refractivity (Wildman–Crippen MR) is 101 cm³/mol. The molecule has 3 aromatic rings. The molecule has 0 atom stereocenters. The van der Waals surface area contributed by atoms with Gasteiger partial charge in [-0.25, -0.2) is 17.4 Å². The quantitative estimate of drug-likeness (QED) is 0.511. The summed E-state index contributed by atoms with van der Waals surface area (Å²) >= 11 is 0. The summed E-state index contributed by atoms with van der Waals surface area (Å²) in [5.74, 6) is -0.283. The van der Waals surface area contributed by atoms with Gasteiger partial charge in [-0.15, -0.1) is 0 Å². The van der Waals surface area contributed by atoms with E-state index in [9.17, 15) is 13.2 Å². The third-order valence-electron chi connectivity index (χ3n) is 3.90. The number of aromatic nitrogens is 2. The maximum atomic E-state index is 13.0. The number of aryl methyl sites for hydroxylation is 1. The van der Waals surface area contributed by atoms with Crippen molar-refractivity contribution in [2.24, 2.45) is 0 Å². The first-order valence-electron chi connectivity index (χ1n) is 7.98. The highest BCUT2D eigenvalue weighted by Crippen LogP contribution is 2.25. The molecule has 0 aliphatic carbocycles. The van der Waals surface area contributed by atoms with Gasteiger partial charge in [-0.1, -0.05) is 17.7 Å². The van der Waals surface area contributed by atoms with Crippen molar-refractivity contribution in [1.29, 1.82) is 0 Å². The average molecular weight is 369 g/mol. The molecule has 0 aliphatic heterocycles. The van der Waals surface area contributed by atoms with Crippen LogP contribution in [-0.4, -0.2) is 42.2 Å². The van der Waals surface area contributed by atoms with Crippen molar-refractivity contribution in [3.63, 3.8) is 0 Å². The van der Waals surface area contributed by atoms with E-state index in [2.05, 4.69) is 4.98 Å². The highest BCUT2D eigenvalue weighted by Gasteiger charge is 2.23. The molecule has 0 saturated carbocycles. The first-order chi connectivity index (χ1) is 12.3. The summed E-state index contributed by atoms with van der Waals surface area (Å²) in [7, 11) is -0.255. The Morgan fingerprint density at radius 3 is 2.50 bits per heavy atom. The summed E-state index contributed by atoms with van der Waals surface area (Å²) in [5, 5.41) is 0.497. The van der Waals surface area contributed by atoms with Gasteiger partial charge in [0.1, 0.15) is 0 Å². The van der Waals surface area contributed by atoms with Gasteiger partial charge in [-0.3, -0.25) is 4.79 Å². The number of fused-ring (bicyclic) bond motifs is 1. The van der Waals surface area contributed by atoms with E-state index in [0.29, 0.717) is 10.9 Å². The lowest BCUT2D eigenvalue weighted by atomic mass is 10.1. The van der Waals surface area contributed by atoms with E-state index in [-0.39, 0.29) is 16.3 Å². The van der Waals surface area contributed by atoms with E-state index >= 15 is 0 Å². The molecule has 0 spiro atoms. The molecule has 0 fully saturated rings. The maximum Gasteiger partial charge on any atom is 0.269 e. The van der Waals surface area contributed by atoms with Gasteiger partial charge >= 0.3 is 0 Å². The SMILES string of the molecule is Cc1ccc(S(=O)(=O)n2cc(C(=O)/C=C/N(C)C)c3cccnc32)cc1. The second-order valence-electron chi connectivity index (χ2n) is 6.17. The van der Waals surface area contributed by atoms with Gasteiger partial charge in [0.25, 0.3) is 10.0 Å². The lowest BCUT2D eigenvalue weighted by molar-refractivity contribution is 0.104. The summed E-state index contributed by atoms with van der Waals surface area (Å²) in [6.07, 6.45) is 5.88. The molecule has 7 heteroatoms. The van der Waals surface area contributed by atoms with Crippen LogP contribution in [0.25, 0.3) is 11.0 Å². The van der Waals surface area contributed by atoms with Crippen LogP contribution in [0.2, 0.25) is 0 Å². The number of hydrogen-bond donors (Lipinski definition) is 0. The number of carbonyl (C=O) groups excluding carboxylic acids is 1. The van der Waals surface area contributed by atoms with Crippen molar-refractivity contribution < 1.29 is 13.2 Å². The first kappa shape index (κ1) is 17.9. The fourth-order valence-electron chi connectivity index (χ4n) is 2.54. The molecule has 0 amide bonds. The van der Waals surface area contributed by atoms with Crippen molar-refractivity contribution in [3.8, 4) is 0 Å². The van der Waals surface area contributed by atoms with Crippen LogP contribution in [0.15, 0.2) is 66.0 Å². The van der Waals surface area contributed by atoms with Crippen molar-refractivity contribution in [1.82, 2.24) is 13.9 Å². The molecule has 0 unspecified atom stereocenters. The van der Waals surface area contributed by atoms with Crippen LogP contribution < -0.4 is 0 Å². The minimum atomic E-state index is -3.86. The second kappa shape index (κ2) is 6.76. The highest BCUT2D eigenvalue weighted by molar-refractivity contribution is 7.90. The fourth-order valence-corrected chi connectivity index (χ4v) is 3.87. The summed E-state index contributed by atoms with van der Waals surface area (Å²) < 4.78 is 27.2. The van der Waals surface area contributed by atoms with Crippen molar-refractivity contribution >= 4 is 26.8 Å². The molecule has 0 bridgehead atoms. The van der Waals surface area contributed by atoms with Gasteiger partial charge in [0, 0.05) is 44.2 Å². The molecule has 2 heterocycles. The lowest BCUT2D eigenvalue weighted by Crippen LogP contribution is -2.12. The van der Waals surface area contributed by atoms with E-state index in [0.717, 1.165) is 9.54 Å². The fraction of sp³-hybridized carbons (Fsp3) is 0.158. The minimum Gasteiger partial charge on any atom is -0.383 e. The molecule has 0 N–H and O–H groups in total. The number of carbonyl (C=O) groups is 1. The van der Waals surface area contributed by atoms with E-state index in [1.807, 2.05) is 6.92 Å². The summed E-state index contributed by atoms with van der Waals surface area (Å²) in [4.78, 5) is 18.6. The molecular weight excluding hydrogens is 350 g/mol. The van der Waals surface area contributed by atoms with Crippen molar-refractivity contribution in [2.75, 3.05) is 14.1 Å². The highest BCUT2D eigenvalue weighted by atomic mass is 32.2. The lowest BCUT2D eigenvalue weighted by Gasteiger charge is -2.07. The molecule has 0 saturated heterocycles. The Labute approximate surface area is 152 Å². The Morgan fingerprint density at radius 1 is 1.15 bits per heavy atom. The third kappa shape index (κ3) is 3.25. The molecule has 3 rings (SSSR count). The van der Waals surface area contributed by atoms with Gasteiger partial charge in [-0.2, -0.15) is 0 Å². The van der Waals surface area contributed by atoms with Crippen LogP contribution in [0.4, 0.5) is 0 Å². The van der Waals surface area contributed by atoms with Crippen molar-refractivity contribution in [2.45, 2.75) is 11.8 Å². The van der Waals surface area contributed by atoms with Crippen LogP contribution in [0, 0.1) is 6.92 Å². The standard InChI is InChI=1S/C19H19N3O3S/c1-14-6-8-15(9-7-14)26(24,25)22-13-17(18(23)10-12-21(2)3)16-5-4-11-20-19(16)22/h4-13H,1-3H3/b12-10+. The van der Waals surface area contributed by atoms with E-state index in [1.54, 1.807) is 61.6 Å². The number of allylic oxidation sites excluding steroid dienone is 1. The largest absolute Gasteiger partial charge is 0.383 e. The number of benzene rings is 1. The topological polar surface area (TPSA) is 72.3 Å². The van der Waals surface area contributed by atoms with Crippen LogP contribution in [0.5, 0.6) is 0 Å². The minimum absolute atomic E-state index is 0.147. The first-order valence-corrected chi connectivity index (χ1v) is 9.42. The molecule has 0 radical (unpaired) electrons. The molecule has 2 aromatic heterocycles. The predicted octanol–water partition coefficient (Wildman–Crippen LogP) is 2.84. The molecule has 0 aliphatic rings. The summed E-state index contributed by atoms with van der Waals surface area (Å²) in [6.45, 7) is 1.89. The molecule has 1 aromatic carbocycles. The molecule has 6 nitrogen and oxygen atoms in total. The maximum absolute atomic E-state index is 13.0. The van der Waals surface area contributed by atoms with Gasteiger partial charge in [-0.05, 0) is 31.2 Å². The van der Waals surface area contributed by atoms with E-state index < -0.39 is 10.0 Å². The number of pyridine rings is 1.